The fourth-order valence-corrected chi connectivity index (χ4v) is 3.22. The Morgan fingerprint density at radius 2 is 1.97 bits per heavy atom. The van der Waals surface area contributed by atoms with Crippen LogP contribution in [0.4, 0.5) is 0 Å². The highest BCUT2D eigenvalue weighted by Gasteiger charge is 2.14. The van der Waals surface area contributed by atoms with Crippen LogP contribution in [0.15, 0.2) is 60.8 Å². The fourth-order valence-electron chi connectivity index (χ4n) is 3.22. The largest absolute Gasteiger partial charge is 0.484 e. The smallest absolute Gasteiger partial charge is 0.258 e. The fraction of sp³-hybridized carbons (Fsp3) is 0.318. The molecule has 0 aliphatic carbocycles. The molecule has 0 spiro atoms. The predicted molar refractivity (Wildman–Crippen MR) is 109 cm³/mol. The Balaban J connectivity index is 1.28. The summed E-state index contributed by atoms with van der Waals surface area (Å²) in [7, 11) is 0. The van der Waals surface area contributed by atoms with Gasteiger partial charge in [-0.15, -0.1) is 5.10 Å². The molecule has 2 heterocycles. The van der Waals surface area contributed by atoms with Crippen molar-refractivity contribution in [2.75, 3.05) is 19.8 Å². The summed E-state index contributed by atoms with van der Waals surface area (Å²) in [5.74, 6) is 0.480. The predicted octanol–water partition coefficient (Wildman–Crippen LogP) is 3.00. The zero-order chi connectivity index (χ0) is 19.9. The van der Waals surface area contributed by atoms with Crippen LogP contribution in [-0.4, -0.2) is 46.8 Å². The molecule has 1 amide bonds. The van der Waals surface area contributed by atoms with E-state index in [4.69, 9.17) is 9.47 Å². The Bertz CT molecular complexity index is 919. The quantitative estimate of drug-likeness (QED) is 0.669. The average molecular weight is 392 g/mol. The van der Waals surface area contributed by atoms with Crippen molar-refractivity contribution >= 4 is 5.91 Å². The summed E-state index contributed by atoms with van der Waals surface area (Å²) >= 11 is 0. The summed E-state index contributed by atoms with van der Waals surface area (Å²) in [5.41, 5.74) is 2.69. The van der Waals surface area contributed by atoms with Gasteiger partial charge in [0.1, 0.15) is 11.4 Å². The molecule has 1 aliphatic heterocycles. The number of benzene rings is 2. The molecular formula is C22H24N4O3. The number of rotatable bonds is 7. The Morgan fingerprint density at radius 1 is 1.14 bits per heavy atom. The highest BCUT2D eigenvalue weighted by molar-refractivity contribution is 5.77. The maximum Gasteiger partial charge on any atom is 0.258 e. The molecule has 7 nitrogen and oxygen atoms in total. The van der Waals surface area contributed by atoms with E-state index in [0.717, 1.165) is 42.8 Å². The Kier molecular flexibility index (Phi) is 6.16. The van der Waals surface area contributed by atoms with Gasteiger partial charge >= 0.3 is 0 Å². The molecule has 1 N–H and O–H groups in total. The van der Waals surface area contributed by atoms with Gasteiger partial charge in [0.05, 0.1) is 18.0 Å². The van der Waals surface area contributed by atoms with E-state index in [1.165, 1.54) is 0 Å². The van der Waals surface area contributed by atoms with Crippen LogP contribution in [0.3, 0.4) is 0 Å². The Morgan fingerprint density at radius 3 is 2.72 bits per heavy atom. The van der Waals surface area contributed by atoms with E-state index in [0.29, 0.717) is 12.3 Å². The number of hydrogen-bond donors (Lipinski definition) is 1. The summed E-state index contributed by atoms with van der Waals surface area (Å²) in [5, 5.41) is 11.3. The van der Waals surface area contributed by atoms with Crippen LogP contribution in [0, 0.1) is 0 Å². The maximum absolute atomic E-state index is 12.0. The summed E-state index contributed by atoms with van der Waals surface area (Å²) in [6, 6.07) is 17.3. The van der Waals surface area contributed by atoms with Crippen molar-refractivity contribution < 1.29 is 14.3 Å². The Hall–Kier alpha value is -3.19. The molecule has 0 radical (unpaired) electrons. The van der Waals surface area contributed by atoms with Crippen LogP contribution in [0.1, 0.15) is 19.3 Å². The summed E-state index contributed by atoms with van der Waals surface area (Å²) in [4.78, 5) is 12.0. The van der Waals surface area contributed by atoms with Crippen molar-refractivity contribution in [1.82, 2.24) is 20.3 Å². The van der Waals surface area contributed by atoms with Gasteiger partial charge in [0.2, 0.25) is 0 Å². The van der Waals surface area contributed by atoms with E-state index in [1.54, 1.807) is 4.68 Å². The molecule has 150 valence electrons. The van der Waals surface area contributed by atoms with E-state index in [9.17, 15) is 4.79 Å². The van der Waals surface area contributed by atoms with Crippen LogP contribution >= 0.6 is 0 Å². The molecule has 0 bridgehead atoms. The first-order valence-corrected chi connectivity index (χ1v) is 9.87. The van der Waals surface area contributed by atoms with Gasteiger partial charge in [0.15, 0.2) is 6.61 Å². The first-order chi connectivity index (χ1) is 14.3. The lowest BCUT2D eigenvalue weighted by Gasteiger charge is -2.22. The number of carbonyl (C=O) groups excluding carboxylic acids is 1. The molecular weight excluding hydrogens is 368 g/mol. The monoisotopic (exact) mass is 392 g/mol. The third-order valence-electron chi connectivity index (χ3n) is 4.84. The molecule has 0 saturated carbocycles. The third kappa shape index (κ3) is 5.20. The lowest BCUT2D eigenvalue weighted by Crippen LogP contribution is -2.37. The summed E-state index contributed by atoms with van der Waals surface area (Å²) in [6.45, 7) is 1.30. The molecule has 3 aromatic rings. The molecule has 1 aromatic heterocycles. The lowest BCUT2D eigenvalue weighted by atomic mass is 10.1. The molecule has 1 atom stereocenters. The minimum absolute atomic E-state index is 0.0203. The van der Waals surface area contributed by atoms with Crippen molar-refractivity contribution in [3.63, 3.8) is 0 Å². The van der Waals surface area contributed by atoms with Crippen LogP contribution < -0.4 is 10.1 Å². The van der Waals surface area contributed by atoms with Crippen LogP contribution in [0.25, 0.3) is 16.9 Å². The van der Waals surface area contributed by atoms with Crippen LogP contribution in [0.5, 0.6) is 5.75 Å². The molecule has 1 fully saturated rings. The molecule has 29 heavy (non-hydrogen) atoms. The molecule has 4 rings (SSSR count). The normalized spacial score (nSPS) is 16.3. The van der Waals surface area contributed by atoms with Crippen molar-refractivity contribution in [1.29, 1.82) is 0 Å². The standard InChI is InChI=1S/C22H24N4O3/c27-22(23-14-20-8-4-5-13-28-20)16-29-19-11-9-18(10-12-19)26-15-21(24-25-26)17-6-2-1-3-7-17/h1-3,6-7,9-12,15,20H,4-5,8,13-14,16H2,(H,23,27). The van der Waals surface area contributed by atoms with Gasteiger partial charge in [-0.2, -0.15) is 0 Å². The number of nitrogens with one attached hydrogen (secondary N) is 1. The number of aromatic nitrogens is 3. The van der Waals surface area contributed by atoms with Crippen molar-refractivity contribution in [3.05, 3.63) is 60.8 Å². The van der Waals surface area contributed by atoms with Gasteiger partial charge in [-0.05, 0) is 43.5 Å². The molecule has 2 aromatic carbocycles. The van der Waals surface area contributed by atoms with Gasteiger partial charge in [-0.1, -0.05) is 35.5 Å². The van der Waals surface area contributed by atoms with Crippen LogP contribution in [-0.2, 0) is 9.53 Å². The second-order valence-corrected chi connectivity index (χ2v) is 6.99. The second kappa shape index (κ2) is 9.34. The second-order valence-electron chi connectivity index (χ2n) is 6.99. The topological polar surface area (TPSA) is 78.3 Å². The zero-order valence-electron chi connectivity index (χ0n) is 16.2. The van der Waals surface area contributed by atoms with Gasteiger partial charge in [0.25, 0.3) is 5.91 Å². The van der Waals surface area contributed by atoms with Crippen LogP contribution in [0.2, 0.25) is 0 Å². The Labute approximate surface area is 169 Å². The van der Waals surface area contributed by atoms with Crippen molar-refractivity contribution in [3.8, 4) is 22.7 Å². The summed E-state index contributed by atoms with van der Waals surface area (Å²) in [6.07, 6.45) is 5.26. The van der Waals surface area contributed by atoms with Gasteiger partial charge in [-0.25, -0.2) is 4.68 Å². The van der Waals surface area contributed by atoms with Gasteiger partial charge in [0, 0.05) is 18.7 Å². The van der Waals surface area contributed by atoms with E-state index in [-0.39, 0.29) is 18.6 Å². The number of amides is 1. The highest BCUT2D eigenvalue weighted by Crippen LogP contribution is 2.19. The molecule has 7 heteroatoms. The minimum Gasteiger partial charge on any atom is -0.484 e. The van der Waals surface area contributed by atoms with E-state index >= 15 is 0 Å². The van der Waals surface area contributed by atoms with E-state index < -0.39 is 0 Å². The molecule has 1 saturated heterocycles. The number of ether oxygens (including phenoxy) is 2. The number of nitrogens with zero attached hydrogens (tertiary/aromatic N) is 3. The molecule has 1 unspecified atom stereocenters. The van der Waals surface area contributed by atoms with Crippen molar-refractivity contribution in [2.24, 2.45) is 0 Å². The number of hydrogen-bond acceptors (Lipinski definition) is 5. The van der Waals surface area contributed by atoms with E-state index in [1.807, 2.05) is 60.8 Å². The van der Waals surface area contributed by atoms with Crippen molar-refractivity contribution in [2.45, 2.75) is 25.4 Å². The third-order valence-corrected chi connectivity index (χ3v) is 4.84. The molecule has 1 aliphatic rings. The highest BCUT2D eigenvalue weighted by atomic mass is 16.5. The summed E-state index contributed by atoms with van der Waals surface area (Å²) < 4.78 is 12.9. The van der Waals surface area contributed by atoms with Gasteiger partial charge in [-0.3, -0.25) is 4.79 Å². The first-order valence-electron chi connectivity index (χ1n) is 9.87. The number of carbonyl (C=O) groups is 1. The lowest BCUT2D eigenvalue weighted by molar-refractivity contribution is -0.124. The SMILES string of the molecule is O=C(COc1ccc(-n2cc(-c3ccccc3)nn2)cc1)NCC1CCCCO1. The first kappa shape index (κ1) is 19.1. The average Bonchev–Trinajstić information content (AvgIpc) is 3.28. The maximum atomic E-state index is 12.0. The van der Waals surface area contributed by atoms with Gasteiger partial charge < -0.3 is 14.8 Å². The van der Waals surface area contributed by atoms with E-state index in [2.05, 4.69) is 15.6 Å². The minimum atomic E-state index is -0.146. The zero-order valence-corrected chi connectivity index (χ0v) is 16.2.